The second kappa shape index (κ2) is 2.67. The van der Waals surface area contributed by atoms with Crippen molar-refractivity contribution in [3.63, 3.8) is 0 Å². The van der Waals surface area contributed by atoms with Crippen LogP contribution in [0.1, 0.15) is 20.3 Å². The van der Waals surface area contributed by atoms with Gasteiger partial charge < -0.3 is 9.84 Å². The number of aliphatic hydroxyl groups is 1. The fourth-order valence-corrected chi connectivity index (χ4v) is 1.17. The summed E-state index contributed by atoms with van der Waals surface area (Å²) in [5.41, 5.74) is 0. The molecule has 9 heavy (non-hydrogen) atoms. The number of aliphatic hydroxyl groups excluding tert-OH is 1. The molecule has 1 saturated heterocycles. The second-order valence-electron chi connectivity index (χ2n) is 2.83. The Morgan fingerprint density at radius 2 is 2.11 bits per heavy atom. The predicted molar refractivity (Wildman–Crippen MR) is 35.2 cm³/mol. The van der Waals surface area contributed by atoms with Gasteiger partial charge in [-0.1, -0.05) is 6.92 Å². The molecule has 1 aliphatic heterocycles. The molecule has 2 heteroatoms. The van der Waals surface area contributed by atoms with E-state index < -0.39 is 0 Å². The molecule has 0 spiro atoms. The number of hydrogen-bond acceptors (Lipinski definition) is 2. The van der Waals surface area contributed by atoms with Gasteiger partial charge in [-0.2, -0.15) is 0 Å². The quantitative estimate of drug-likeness (QED) is 0.525. The fourth-order valence-electron chi connectivity index (χ4n) is 1.17. The van der Waals surface area contributed by atoms with Crippen molar-refractivity contribution < 1.29 is 9.84 Å². The van der Waals surface area contributed by atoms with Gasteiger partial charge in [0.1, 0.15) is 0 Å². The number of ether oxygens (including phenoxy) is 1. The molecular formula is C7H14O2. The van der Waals surface area contributed by atoms with E-state index in [9.17, 15) is 5.11 Å². The van der Waals surface area contributed by atoms with Crippen LogP contribution in [-0.2, 0) is 4.74 Å². The van der Waals surface area contributed by atoms with Crippen molar-refractivity contribution in [2.24, 2.45) is 5.92 Å². The normalized spacial score (nSPS) is 45.0. The first kappa shape index (κ1) is 7.03. The van der Waals surface area contributed by atoms with Gasteiger partial charge in [0.15, 0.2) is 0 Å². The zero-order chi connectivity index (χ0) is 6.85. The molecule has 3 atom stereocenters. The van der Waals surface area contributed by atoms with Gasteiger partial charge in [-0.05, 0) is 19.3 Å². The molecule has 1 N–H and O–H groups in total. The van der Waals surface area contributed by atoms with Crippen molar-refractivity contribution in [2.75, 3.05) is 6.61 Å². The van der Waals surface area contributed by atoms with Crippen LogP contribution in [0.15, 0.2) is 0 Å². The van der Waals surface area contributed by atoms with Gasteiger partial charge in [-0.15, -0.1) is 0 Å². The Morgan fingerprint density at radius 1 is 1.44 bits per heavy atom. The zero-order valence-corrected chi connectivity index (χ0v) is 6.00. The van der Waals surface area contributed by atoms with E-state index in [4.69, 9.17) is 4.74 Å². The lowest BCUT2D eigenvalue weighted by Gasteiger charge is -2.30. The highest BCUT2D eigenvalue weighted by Crippen LogP contribution is 2.19. The molecule has 1 rings (SSSR count). The van der Waals surface area contributed by atoms with Gasteiger partial charge in [0.05, 0.1) is 12.2 Å². The largest absolute Gasteiger partial charge is 0.390 e. The molecule has 1 aliphatic rings. The van der Waals surface area contributed by atoms with Gasteiger partial charge >= 0.3 is 0 Å². The summed E-state index contributed by atoms with van der Waals surface area (Å²) in [6, 6.07) is 0. The monoisotopic (exact) mass is 130 g/mol. The Balaban J connectivity index is 2.41. The second-order valence-corrected chi connectivity index (χ2v) is 2.83. The van der Waals surface area contributed by atoms with Gasteiger partial charge in [0, 0.05) is 6.61 Å². The van der Waals surface area contributed by atoms with Crippen LogP contribution in [0.5, 0.6) is 0 Å². The topological polar surface area (TPSA) is 29.5 Å². The Kier molecular flexibility index (Phi) is 2.09. The van der Waals surface area contributed by atoms with Crippen molar-refractivity contribution in [1.29, 1.82) is 0 Å². The molecule has 0 saturated carbocycles. The first-order valence-corrected chi connectivity index (χ1v) is 3.51. The third-order valence-corrected chi connectivity index (χ3v) is 2.02. The molecule has 54 valence electrons. The standard InChI is InChI=1S/C7H14O2/c1-5-3-4-9-6(2)7(5)8/h5-8H,3-4H2,1-2H3/t5-,6-,7-/m0/s1. The first-order chi connectivity index (χ1) is 4.22. The third-order valence-electron chi connectivity index (χ3n) is 2.02. The highest BCUT2D eigenvalue weighted by atomic mass is 16.5. The fraction of sp³-hybridized carbons (Fsp3) is 1.00. The maximum absolute atomic E-state index is 9.32. The molecule has 0 aliphatic carbocycles. The summed E-state index contributed by atoms with van der Waals surface area (Å²) < 4.78 is 5.21. The summed E-state index contributed by atoms with van der Waals surface area (Å²) in [6.45, 7) is 4.78. The van der Waals surface area contributed by atoms with E-state index in [1.165, 1.54) is 0 Å². The van der Waals surface area contributed by atoms with E-state index in [1.54, 1.807) is 0 Å². The van der Waals surface area contributed by atoms with Crippen LogP contribution >= 0.6 is 0 Å². The van der Waals surface area contributed by atoms with Crippen LogP contribution < -0.4 is 0 Å². The van der Waals surface area contributed by atoms with Gasteiger partial charge in [0.25, 0.3) is 0 Å². The molecule has 0 radical (unpaired) electrons. The van der Waals surface area contributed by atoms with Crippen molar-refractivity contribution in [3.05, 3.63) is 0 Å². The minimum absolute atomic E-state index is 0.0359. The van der Waals surface area contributed by atoms with Gasteiger partial charge in [0.2, 0.25) is 0 Å². The summed E-state index contributed by atoms with van der Waals surface area (Å²) in [4.78, 5) is 0. The van der Waals surface area contributed by atoms with Crippen molar-refractivity contribution in [3.8, 4) is 0 Å². The molecule has 0 bridgehead atoms. The van der Waals surface area contributed by atoms with Crippen LogP contribution in [0.2, 0.25) is 0 Å². The lowest BCUT2D eigenvalue weighted by Crippen LogP contribution is -2.37. The lowest BCUT2D eigenvalue weighted by molar-refractivity contribution is -0.0911. The first-order valence-electron chi connectivity index (χ1n) is 3.51. The number of hydrogen-bond donors (Lipinski definition) is 1. The lowest BCUT2D eigenvalue weighted by atomic mass is 9.95. The summed E-state index contributed by atoms with van der Waals surface area (Å²) >= 11 is 0. The van der Waals surface area contributed by atoms with E-state index in [1.807, 2.05) is 6.92 Å². The molecule has 0 aromatic heterocycles. The van der Waals surface area contributed by atoms with E-state index in [2.05, 4.69) is 6.92 Å². The molecule has 0 amide bonds. The molecule has 1 heterocycles. The predicted octanol–water partition coefficient (Wildman–Crippen LogP) is 0.792. The van der Waals surface area contributed by atoms with Crippen molar-refractivity contribution in [2.45, 2.75) is 32.5 Å². The Labute approximate surface area is 55.8 Å². The Hall–Kier alpha value is -0.0800. The molecule has 2 nitrogen and oxygen atoms in total. The van der Waals surface area contributed by atoms with E-state index in [0.29, 0.717) is 5.92 Å². The summed E-state index contributed by atoms with van der Waals surface area (Å²) in [5.74, 6) is 0.411. The average molecular weight is 130 g/mol. The van der Waals surface area contributed by atoms with E-state index >= 15 is 0 Å². The third kappa shape index (κ3) is 1.43. The zero-order valence-electron chi connectivity index (χ0n) is 6.00. The molecule has 0 aromatic rings. The van der Waals surface area contributed by atoms with Crippen molar-refractivity contribution in [1.82, 2.24) is 0 Å². The molecular weight excluding hydrogens is 116 g/mol. The summed E-state index contributed by atoms with van der Waals surface area (Å²) in [6.07, 6.45) is 0.776. The molecule has 1 fully saturated rings. The Morgan fingerprint density at radius 3 is 2.56 bits per heavy atom. The minimum Gasteiger partial charge on any atom is -0.390 e. The van der Waals surface area contributed by atoms with Gasteiger partial charge in [-0.25, -0.2) is 0 Å². The molecule has 0 unspecified atom stereocenters. The van der Waals surface area contributed by atoms with Gasteiger partial charge in [-0.3, -0.25) is 0 Å². The summed E-state index contributed by atoms with van der Waals surface area (Å²) in [7, 11) is 0. The maximum atomic E-state index is 9.32. The minimum atomic E-state index is -0.251. The van der Waals surface area contributed by atoms with Crippen LogP contribution in [0.3, 0.4) is 0 Å². The van der Waals surface area contributed by atoms with Crippen LogP contribution in [-0.4, -0.2) is 23.9 Å². The number of rotatable bonds is 0. The molecule has 0 aromatic carbocycles. The summed E-state index contributed by atoms with van der Waals surface area (Å²) in [5, 5.41) is 9.32. The maximum Gasteiger partial charge on any atom is 0.0825 e. The van der Waals surface area contributed by atoms with Crippen LogP contribution in [0.4, 0.5) is 0 Å². The highest BCUT2D eigenvalue weighted by molar-refractivity contribution is 4.74. The Bertz CT molecular complexity index is 82.9. The highest BCUT2D eigenvalue weighted by Gasteiger charge is 2.25. The van der Waals surface area contributed by atoms with Crippen LogP contribution in [0.25, 0.3) is 0 Å². The van der Waals surface area contributed by atoms with Crippen LogP contribution in [0, 0.1) is 5.92 Å². The van der Waals surface area contributed by atoms with E-state index in [-0.39, 0.29) is 12.2 Å². The van der Waals surface area contributed by atoms with Crippen molar-refractivity contribution >= 4 is 0 Å². The average Bonchev–Trinajstić information content (AvgIpc) is 1.83. The SMILES string of the molecule is C[C@@H]1OCC[C@H](C)[C@@H]1O. The smallest absolute Gasteiger partial charge is 0.0825 e. The van der Waals surface area contributed by atoms with E-state index in [0.717, 1.165) is 13.0 Å².